The minimum absolute atomic E-state index is 0.285. The number of ether oxygens (including phenoxy) is 2. The van der Waals surface area contributed by atoms with Crippen LogP contribution in [0.3, 0.4) is 0 Å². The maximum Gasteiger partial charge on any atom is 0.191 e. The van der Waals surface area contributed by atoms with Gasteiger partial charge in [-0.1, -0.05) is 24.3 Å². The first-order valence-corrected chi connectivity index (χ1v) is 9.04. The van der Waals surface area contributed by atoms with Crippen LogP contribution in [0.1, 0.15) is 24.0 Å². The Labute approximate surface area is 151 Å². The van der Waals surface area contributed by atoms with Gasteiger partial charge in [0, 0.05) is 39.9 Å². The fourth-order valence-electron chi connectivity index (χ4n) is 2.71. The van der Waals surface area contributed by atoms with Gasteiger partial charge in [0.25, 0.3) is 0 Å². The Hall–Kier alpha value is -1.63. The minimum atomic E-state index is 0.285. The highest BCUT2D eigenvalue weighted by Crippen LogP contribution is 2.08. The molecule has 0 aliphatic carbocycles. The Morgan fingerprint density at radius 3 is 2.64 bits per heavy atom. The van der Waals surface area contributed by atoms with Crippen molar-refractivity contribution in [3.63, 3.8) is 0 Å². The molecule has 2 rings (SSSR count). The Kier molecular flexibility index (Phi) is 8.72. The first-order chi connectivity index (χ1) is 12.2. The third-order valence-corrected chi connectivity index (χ3v) is 4.06. The number of benzene rings is 1. The zero-order valence-corrected chi connectivity index (χ0v) is 15.8. The summed E-state index contributed by atoms with van der Waals surface area (Å²) in [6.45, 7) is 4.89. The lowest BCUT2D eigenvalue weighted by Gasteiger charge is -2.14. The molecule has 1 aliphatic heterocycles. The number of nitrogens with zero attached hydrogens (tertiary/aromatic N) is 2. The van der Waals surface area contributed by atoms with Gasteiger partial charge in [-0.15, -0.1) is 0 Å². The topological polar surface area (TPSA) is 58.1 Å². The summed E-state index contributed by atoms with van der Waals surface area (Å²) < 4.78 is 11.1. The molecule has 1 saturated heterocycles. The zero-order valence-electron chi connectivity index (χ0n) is 15.8. The highest BCUT2D eigenvalue weighted by molar-refractivity contribution is 5.79. The van der Waals surface area contributed by atoms with Crippen LogP contribution in [0.4, 0.5) is 0 Å². The summed E-state index contributed by atoms with van der Waals surface area (Å²) in [5.74, 6) is 0.821. The maximum absolute atomic E-state index is 5.76. The van der Waals surface area contributed by atoms with E-state index >= 15 is 0 Å². The third kappa shape index (κ3) is 7.86. The molecule has 1 fully saturated rings. The van der Waals surface area contributed by atoms with Crippen molar-refractivity contribution < 1.29 is 9.47 Å². The molecule has 25 heavy (non-hydrogen) atoms. The Balaban J connectivity index is 1.60. The van der Waals surface area contributed by atoms with E-state index in [-0.39, 0.29) is 6.10 Å². The van der Waals surface area contributed by atoms with Gasteiger partial charge >= 0.3 is 0 Å². The van der Waals surface area contributed by atoms with E-state index in [1.165, 1.54) is 11.1 Å². The van der Waals surface area contributed by atoms with Crippen LogP contribution in [0.5, 0.6) is 0 Å². The van der Waals surface area contributed by atoms with E-state index in [0.717, 1.165) is 58.3 Å². The second-order valence-electron chi connectivity index (χ2n) is 6.62. The normalized spacial score (nSPS) is 17.9. The van der Waals surface area contributed by atoms with Gasteiger partial charge in [0.1, 0.15) is 0 Å². The predicted molar refractivity (Wildman–Crippen MR) is 102 cm³/mol. The molecule has 1 aromatic rings. The molecular formula is C19H32N4O2. The molecule has 0 spiro atoms. The Morgan fingerprint density at radius 1 is 1.24 bits per heavy atom. The Morgan fingerprint density at radius 2 is 2.00 bits per heavy atom. The summed E-state index contributed by atoms with van der Waals surface area (Å²) in [6, 6.07) is 8.68. The van der Waals surface area contributed by atoms with Crippen molar-refractivity contribution in [1.82, 2.24) is 15.5 Å². The first kappa shape index (κ1) is 19.7. The number of hydrogen-bond acceptors (Lipinski definition) is 4. The van der Waals surface area contributed by atoms with Gasteiger partial charge in [0.2, 0.25) is 0 Å². The van der Waals surface area contributed by atoms with Crippen molar-refractivity contribution in [2.24, 2.45) is 4.99 Å². The molecule has 1 heterocycles. The van der Waals surface area contributed by atoms with Crippen LogP contribution in [0, 0.1) is 0 Å². The molecule has 1 unspecified atom stereocenters. The zero-order chi connectivity index (χ0) is 17.9. The fraction of sp³-hybridized carbons (Fsp3) is 0.632. The van der Waals surface area contributed by atoms with E-state index in [0.29, 0.717) is 0 Å². The van der Waals surface area contributed by atoms with Crippen LogP contribution in [0.15, 0.2) is 29.3 Å². The number of nitrogens with one attached hydrogen (secondary N) is 2. The standard InChI is InChI=1S/C19H32N4O2/c1-20-19(21-10-4-11-25-18-9-12-24-15-18)22-13-16-5-7-17(8-6-16)14-23(2)3/h5-8,18H,4,9-15H2,1-3H3,(H2,20,21,22). The monoisotopic (exact) mass is 348 g/mol. The molecule has 0 radical (unpaired) electrons. The van der Waals surface area contributed by atoms with Crippen LogP contribution in [0.25, 0.3) is 0 Å². The van der Waals surface area contributed by atoms with Gasteiger partial charge in [-0.2, -0.15) is 0 Å². The van der Waals surface area contributed by atoms with Crippen molar-refractivity contribution in [3.05, 3.63) is 35.4 Å². The van der Waals surface area contributed by atoms with Gasteiger partial charge in [0.15, 0.2) is 5.96 Å². The van der Waals surface area contributed by atoms with Crippen LogP contribution >= 0.6 is 0 Å². The average molecular weight is 348 g/mol. The molecule has 1 aliphatic rings. The highest BCUT2D eigenvalue weighted by atomic mass is 16.5. The van der Waals surface area contributed by atoms with Crippen LogP contribution < -0.4 is 10.6 Å². The van der Waals surface area contributed by atoms with Crippen molar-refractivity contribution in [2.45, 2.75) is 32.0 Å². The molecule has 0 bridgehead atoms. The lowest BCUT2D eigenvalue weighted by Crippen LogP contribution is -2.37. The summed E-state index contributed by atoms with van der Waals surface area (Å²) in [5, 5.41) is 6.67. The molecule has 0 amide bonds. The summed E-state index contributed by atoms with van der Waals surface area (Å²) >= 11 is 0. The third-order valence-electron chi connectivity index (χ3n) is 4.06. The largest absolute Gasteiger partial charge is 0.379 e. The van der Waals surface area contributed by atoms with Gasteiger partial charge in [-0.25, -0.2) is 0 Å². The number of aliphatic imine (C=N–C) groups is 1. The van der Waals surface area contributed by atoms with E-state index in [4.69, 9.17) is 9.47 Å². The first-order valence-electron chi connectivity index (χ1n) is 9.04. The molecule has 1 atom stereocenters. The molecular weight excluding hydrogens is 316 g/mol. The molecule has 140 valence electrons. The van der Waals surface area contributed by atoms with Crippen molar-refractivity contribution in [2.75, 3.05) is 47.5 Å². The van der Waals surface area contributed by atoms with Crippen LogP contribution in [-0.4, -0.2) is 64.5 Å². The lowest BCUT2D eigenvalue weighted by molar-refractivity contribution is 0.0420. The molecule has 6 nitrogen and oxygen atoms in total. The van der Waals surface area contributed by atoms with Gasteiger partial charge < -0.3 is 25.0 Å². The van der Waals surface area contributed by atoms with E-state index in [2.05, 4.69) is 58.9 Å². The number of rotatable bonds is 9. The predicted octanol–water partition coefficient (Wildman–Crippen LogP) is 1.61. The van der Waals surface area contributed by atoms with Gasteiger partial charge in [-0.3, -0.25) is 4.99 Å². The smallest absolute Gasteiger partial charge is 0.191 e. The second kappa shape index (κ2) is 11.1. The number of hydrogen-bond donors (Lipinski definition) is 2. The number of guanidine groups is 1. The van der Waals surface area contributed by atoms with E-state index < -0.39 is 0 Å². The Bertz CT molecular complexity index is 511. The van der Waals surface area contributed by atoms with E-state index in [1.54, 1.807) is 7.05 Å². The second-order valence-corrected chi connectivity index (χ2v) is 6.62. The molecule has 2 N–H and O–H groups in total. The SMILES string of the molecule is CN=C(NCCCOC1CCOC1)NCc1ccc(CN(C)C)cc1. The van der Waals surface area contributed by atoms with Crippen molar-refractivity contribution in [3.8, 4) is 0 Å². The summed E-state index contributed by atoms with van der Waals surface area (Å²) in [5.41, 5.74) is 2.57. The van der Waals surface area contributed by atoms with E-state index in [1.807, 2.05) is 0 Å². The lowest BCUT2D eigenvalue weighted by atomic mass is 10.1. The van der Waals surface area contributed by atoms with Crippen LogP contribution in [-0.2, 0) is 22.6 Å². The molecule has 1 aromatic carbocycles. The van der Waals surface area contributed by atoms with Gasteiger partial charge in [0.05, 0.1) is 12.7 Å². The molecule has 0 saturated carbocycles. The van der Waals surface area contributed by atoms with E-state index in [9.17, 15) is 0 Å². The average Bonchev–Trinajstić information content (AvgIpc) is 3.11. The summed E-state index contributed by atoms with van der Waals surface area (Å²) in [6.07, 6.45) is 2.26. The summed E-state index contributed by atoms with van der Waals surface area (Å²) in [7, 11) is 5.96. The minimum Gasteiger partial charge on any atom is -0.379 e. The fourth-order valence-corrected chi connectivity index (χ4v) is 2.71. The molecule has 0 aromatic heterocycles. The van der Waals surface area contributed by atoms with Crippen LogP contribution in [0.2, 0.25) is 0 Å². The van der Waals surface area contributed by atoms with Crippen molar-refractivity contribution in [1.29, 1.82) is 0 Å². The maximum atomic E-state index is 5.76. The quantitative estimate of drug-likeness (QED) is 0.403. The summed E-state index contributed by atoms with van der Waals surface area (Å²) in [4.78, 5) is 6.43. The molecule has 6 heteroatoms. The van der Waals surface area contributed by atoms with Gasteiger partial charge in [-0.05, 0) is 38.1 Å². The van der Waals surface area contributed by atoms with Crippen molar-refractivity contribution >= 4 is 5.96 Å². The highest BCUT2D eigenvalue weighted by Gasteiger charge is 2.15.